The van der Waals surface area contributed by atoms with Crippen LogP contribution in [0.2, 0.25) is 0 Å². The Morgan fingerprint density at radius 3 is 2.34 bits per heavy atom. The summed E-state index contributed by atoms with van der Waals surface area (Å²) in [5.74, 6) is 0.248. The van der Waals surface area contributed by atoms with E-state index in [0.717, 1.165) is 5.56 Å². The minimum absolute atomic E-state index is 0.0560. The number of hydrogen-bond donors (Lipinski definition) is 0. The molecule has 0 radical (unpaired) electrons. The van der Waals surface area contributed by atoms with Gasteiger partial charge in [-0.2, -0.15) is 4.31 Å². The van der Waals surface area contributed by atoms with Crippen LogP contribution in [-0.2, 0) is 26.1 Å². The van der Waals surface area contributed by atoms with E-state index in [1.54, 1.807) is 31.4 Å². The number of morpholine rings is 1. The standard InChI is InChI=1S/C20H23NO7S/c1-25-17-6-3-15(4-7-17)14-28-20(22)16-5-8-18(26-2)19(13-16)29(23,24)21-9-11-27-12-10-21/h3-8,13H,9-12,14H2,1-2H3. The molecule has 1 aliphatic rings. The van der Waals surface area contributed by atoms with E-state index in [1.807, 2.05) is 0 Å². The predicted octanol–water partition coefficient (Wildman–Crippen LogP) is 2.08. The van der Waals surface area contributed by atoms with Crippen molar-refractivity contribution >= 4 is 16.0 Å². The number of benzene rings is 2. The number of hydrogen-bond acceptors (Lipinski definition) is 7. The Bertz CT molecular complexity index is 951. The zero-order valence-corrected chi connectivity index (χ0v) is 17.1. The molecule has 0 saturated carbocycles. The molecule has 0 spiro atoms. The molecule has 0 bridgehead atoms. The van der Waals surface area contributed by atoms with Crippen LogP contribution in [0.5, 0.6) is 11.5 Å². The lowest BCUT2D eigenvalue weighted by Crippen LogP contribution is -2.40. The molecule has 0 N–H and O–H groups in total. The Kier molecular flexibility index (Phi) is 6.73. The molecule has 0 amide bonds. The molecule has 1 saturated heterocycles. The molecule has 1 fully saturated rings. The van der Waals surface area contributed by atoms with Gasteiger partial charge in [0.05, 0.1) is 33.0 Å². The first-order valence-corrected chi connectivity index (χ1v) is 10.5. The summed E-state index contributed by atoms with van der Waals surface area (Å²) >= 11 is 0. The summed E-state index contributed by atoms with van der Waals surface area (Å²) in [6.07, 6.45) is 0. The van der Waals surface area contributed by atoms with Crippen LogP contribution in [0.4, 0.5) is 0 Å². The monoisotopic (exact) mass is 421 g/mol. The Labute approximate surface area is 170 Å². The van der Waals surface area contributed by atoms with Gasteiger partial charge in [0.1, 0.15) is 23.0 Å². The van der Waals surface area contributed by atoms with Crippen LogP contribution in [0.3, 0.4) is 0 Å². The summed E-state index contributed by atoms with van der Waals surface area (Å²) in [5, 5.41) is 0. The average molecular weight is 421 g/mol. The topological polar surface area (TPSA) is 91.4 Å². The van der Waals surface area contributed by atoms with E-state index < -0.39 is 16.0 Å². The fourth-order valence-electron chi connectivity index (χ4n) is 2.89. The van der Waals surface area contributed by atoms with Crippen molar-refractivity contribution in [1.29, 1.82) is 0 Å². The van der Waals surface area contributed by atoms with Crippen LogP contribution < -0.4 is 9.47 Å². The number of ether oxygens (including phenoxy) is 4. The van der Waals surface area contributed by atoms with Crippen molar-refractivity contribution in [3.63, 3.8) is 0 Å². The van der Waals surface area contributed by atoms with Crippen molar-refractivity contribution in [3.05, 3.63) is 53.6 Å². The Morgan fingerprint density at radius 2 is 1.72 bits per heavy atom. The molecule has 0 unspecified atom stereocenters. The number of sulfonamides is 1. The molecule has 0 aromatic heterocycles. The third-order valence-corrected chi connectivity index (χ3v) is 6.44. The molecule has 2 aromatic rings. The molecular formula is C20H23NO7S. The van der Waals surface area contributed by atoms with Gasteiger partial charge in [-0.3, -0.25) is 0 Å². The number of nitrogens with zero attached hydrogens (tertiary/aromatic N) is 1. The third-order valence-electron chi connectivity index (χ3n) is 4.52. The number of esters is 1. The lowest BCUT2D eigenvalue weighted by molar-refractivity contribution is 0.0472. The highest BCUT2D eigenvalue weighted by atomic mass is 32.2. The summed E-state index contributed by atoms with van der Waals surface area (Å²) in [6.45, 7) is 1.20. The van der Waals surface area contributed by atoms with Crippen molar-refractivity contribution in [2.45, 2.75) is 11.5 Å². The van der Waals surface area contributed by atoms with E-state index in [0.29, 0.717) is 19.0 Å². The van der Waals surface area contributed by atoms with Gasteiger partial charge in [-0.15, -0.1) is 0 Å². The smallest absolute Gasteiger partial charge is 0.338 e. The highest BCUT2D eigenvalue weighted by Gasteiger charge is 2.30. The van der Waals surface area contributed by atoms with Gasteiger partial charge < -0.3 is 18.9 Å². The second-order valence-corrected chi connectivity index (χ2v) is 8.21. The average Bonchev–Trinajstić information content (AvgIpc) is 2.77. The van der Waals surface area contributed by atoms with E-state index >= 15 is 0 Å². The first kappa shape index (κ1) is 21.1. The predicted molar refractivity (Wildman–Crippen MR) is 105 cm³/mol. The Morgan fingerprint density at radius 1 is 1.03 bits per heavy atom. The molecule has 2 aromatic carbocycles. The van der Waals surface area contributed by atoms with Crippen LogP contribution in [0.25, 0.3) is 0 Å². The van der Waals surface area contributed by atoms with Crippen LogP contribution in [-0.4, -0.2) is 59.2 Å². The zero-order valence-electron chi connectivity index (χ0n) is 16.3. The Hall–Kier alpha value is -2.62. The van der Waals surface area contributed by atoms with E-state index in [-0.39, 0.29) is 35.9 Å². The summed E-state index contributed by atoms with van der Waals surface area (Å²) in [6, 6.07) is 11.3. The summed E-state index contributed by atoms with van der Waals surface area (Å²) in [4.78, 5) is 12.4. The SMILES string of the molecule is COc1ccc(COC(=O)c2ccc(OC)c(S(=O)(=O)N3CCOCC3)c2)cc1. The molecule has 0 atom stereocenters. The maximum absolute atomic E-state index is 13.0. The molecule has 3 rings (SSSR count). The molecular weight excluding hydrogens is 398 g/mol. The maximum Gasteiger partial charge on any atom is 0.338 e. The van der Waals surface area contributed by atoms with E-state index in [9.17, 15) is 13.2 Å². The number of rotatable bonds is 7. The van der Waals surface area contributed by atoms with E-state index in [1.165, 1.54) is 29.6 Å². The highest BCUT2D eigenvalue weighted by molar-refractivity contribution is 7.89. The fourth-order valence-corrected chi connectivity index (χ4v) is 4.47. The number of carbonyl (C=O) groups excluding carboxylic acids is 1. The zero-order chi connectivity index (χ0) is 20.9. The van der Waals surface area contributed by atoms with Crippen LogP contribution in [0.15, 0.2) is 47.4 Å². The molecule has 29 heavy (non-hydrogen) atoms. The van der Waals surface area contributed by atoms with Crippen LogP contribution in [0, 0.1) is 0 Å². The fraction of sp³-hybridized carbons (Fsp3) is 0.350. The van der Waals surface area contributed by atoms with Gasteiger partial charge in [-0.25, -0.2) is 13.2 Å². The van der Waals surface area contributed by atoms with Crippen LogP contribution in [0.1, 0.15) is 15.9 Å². The summed E-state index contributed by atoms with van der Waals surface area (Å²) in [5.41, 5.74) is 0.917. The van der Waals surface area contributed by atoms with E-state index in [4.69, 9.17) is 18.9 Å². The first-order valence-electron chi connectivity index (χ1n) is 9.01. The third kappa shape index (κ3) is 4.87. The molecule has 0 aliphatic carbocycles. The van der Waals surface area contributed by atoms with Crippen molar-refractivity contribution in [1.82, 2.24) is 4.31 Å². The normalized spacial score (nSPS) is 15.0. The summed E-state index contributed by atoms with van der Waals surface area (Å²) in [7, 11) is -0.874. The van der Waals surface area contributed by atoms with Crippen molar-refractivity contribution < 1.29 is 32.2 Å². The van der Waals surface area contributed by atoms with Crippen molar-refractivity contribution in [2.75, 3.05) is 40.5 Å². The Balaban J connectivity index is 1.78. The highest BCUT2D eigenvalue weighted by Crippen LogP contribution is 2.29. The molecule has 9 heteroatoms. The lowest BCUT2D eigenvalue weighted by Gasteiger charge is -2.26. The number of carbonyl (C=O) groups is 1. The lowest BCUT2D eigenvalue weighted by atomic mass is 10.2. The summed E-state index contributed by atoms with van der Waals surface area (Å²) < 4.78 is 48.2. The van der Waals surface area contributed by atoms with Gasteiger partial charge in [0.2, 0.25) is 10.0 Å². The van der Waals surface area contributed by atoms with Gasteiger partial charge in [0, 0.05) is 13.1 Å². The van der Waals surface area contributed by atoms with E-state index in [2.05, 4.69) is 0 Å². The second-order valence-electron chi connectivity index (χ2n) is 6.31. The quantitative estimate of drug-likeness (QED) is 0.632. The van der Waals surface area contributed by atoms with Gasteiger partial charge in [-0.05, 0) is 35.9 Å². The van der Waals surface area contributed by atoms with Gasteiger partial charge >= 0.3 is 5.97 Å². The van der Waals surface area contributed by atoms with Crippen molar-refractivity contribution in [2.24, 2.45) is 0 Å². The van der Waals surface area contributed by atoms with Gasteiger partial charge in [0.15, 0.2) is 0 Å². The second kappa shape index (κ2) is 9.25. The molecule has 8 nitrogen and oxygen atoms in total. The molecule has 156 valence electrons. The minimum atomic E-state index is -3.83. The van der Waals surface area contributed by atoms with Crippen LogP contribution >= 0.6 is 0 Å². The molecule has 1 heterocycles. The van der Waals surface area contributed by atoms with Gasteiger partial charge in [0.25, 0.3) is 0 Å². The van der Waals surface area contributed by atoms with Gasteiger partial charge in [-0.1, -0.05) is 12.1 Å². The minimum Gasteiger partial charge on any atom is -0.497 e. The maximum atomic E-state index is 13.0. The first-order chi connectivity index (χ1) is 14.0. The largest absolute Gasteiger partial charge is 0.497 e. The number of methoxy groups -OCH3 is 2. The van der Waals surface area contributed by atoms with Crippen molar-refractivity contribution in [3.8, 4) is 11.5 Å². The molecule has 1 aliphatic heterocycles.